The average molecular weight is 287 g/mol. The molecule has 3 N–H and O–H groups in total. The van der Waals surface area contributed by atoms with Crippen LogP contribution in [0, 0.1) is 6.92 Å². The van der Waals surface area contributed by atoms with Gasteiger partial charge >= 0.3 is 5.97 Å². The number of carbonyl (C=O) groups excluding carboxylic acids is 1. The minimum atomic E-state index is -1.07. The highest BCUT2D eigenvalue weighted by atomic mass is 16.4. The van der Waals surface area contributed by atoms with Gasteiger partial charge in [-0.2, -0.15) is 0 Å². The van der Waals surface area contributed by atoms with Gasteiger partial charge in [-0.25, -0.2) is 9.78 Å². The Balaban J connectivity index is 1.96. The summed E-state index contributed by atoms with van der Waals surface area (Å²) in [6.45, 7) is 1.94. The number of hydrogen-bond donors (Lipinski definition) is 3. The van der Waals surface area contributed by atoms with Gasteiger partial charge in [0.05, 0.1) is 12.7 Å². The lowest BCUT2D eigenvalue weighted by Gasteiger charge is -2.13. The normalized spacial score (nSPS) is 11.9. The maximum Gasteiger partial charge on any atom is 0.326 e. The molecule has 2 rings (SSSR count). The van der Waals surface area contributed by atoms with Gasteiger partial charge in [0.15, 0.2) is 0 Å². The first-order valence-electron chi connectivity index (χ1n) is 6.59. The summed E-state index contributed by atoms with van der Waals surface area (Å²) in [6, 6.07) is 6.60. The minimum absolute atomic E-state index is 0.161. The van der Waals surface area contributed by atoms with E-state index in [1.807, 2.05) is 31.2 Å². The smallest absolute Gasteiger partial charge is 0.326 e. The lowest BCUT2D eigenvalue weighted by atomic mass is 10.1. The van der Waals surface area contributed by atoms with E-state index in [4.69, 9.17) is 0 Å². The Bertz CT molecular complexity index is 623. The molecule has 0 bridgehead atoms. The van der Waals surface area contributed by atoms with Crippen molar-refractivity contribution in [2.24, 2.45) is 0 Å². The number of aromatic nitrogens is 2. The summed E-state index contributed by atoms with van der Waals surface area (Å²) in [5.41, 5.74) is 2.59. The second-order valence-electron chi connectivity index (χ2n) is 4.91. The zero-order chi connectivity index (χ0) is 15.2. The molecule has 6 nitrogen and oxygen atoms in total. The Labute approximate surface area is 122 Å². The number of aromatic amines is 1. The van der Waals surface area contributed by atoms with Crippen LogP contribution in [0.3, 0.4) is 0 Å². The van der Waals surface area contributed by atoms with Crippen LogP contribution in [0.4, 0.5) is 0 Å². The van der Waals surface area contributed by atoms with E-state index in [0.29, 0.717) is 5.69 Å². The van der Waals surface area contributed by atoms with E-state index in [1.54, 1.807) is 6.20 Å². The highest BCUT2D eigenvalue weighted by Gasteiger charge is 2.21. The number of aliphatic carboxylic acids is 1. The number of nitrogens with one attached hydrogen (secondary N) is 2. The van der Waals surface area contributed by atoms with Gasteiger partial charge in [0, 0.05) is 18.3 Å². The van der Waals surface area contributed by atoms with Crippen LogP contribution in [-0.4, -0.2) is 33.0 Å². The van der Waals surface area contributed by atoms with Crippen LogP contribution in [0.2, 0.25) is 0 Å². The molecule has 110 valence electrons. The number of H-pyrrole nitrogens is 1. The van der Waals surface area contributed by atoms with Gasteiger partial charge in [0.2, 0.25) is 5.91 Å². The van der Waals surface area contributed by atoms with Crippen molar-refractivity contribution in [2.45, 2.75) is 25.8 Å². The van der Waals surface area contributed by atoms with Gasteiger partial charge in [-0.3, -0.25) is 4.79 Å². The summed E-state index contributed by atoms with van der Waals surface area (Å²) < 4.78 is 0. The highest BCUT2D eigenvalue weighted by Crippen LogP contribution is 2.05. The number of benzene rings is 1. The van der Waals surface area contributed by atoms with Crippen molar-refractivity contribution in [1.29, 1.82) is 0 Å². The fraction of sp³-hybridized carbons (Fsp3) is 0.267. The third kappa shape index (κ3) is 4.45. The molecule has 1 aromatic heterocycles. The predicted octanol–water partition coefficient (Wildman–Crippen LogP) is 1.07. The van der Waals surface area contributed by atoms with Gasteiger partial charge in [0.25, 0.3) is 0 Å². The van der Waals surface area contributed by atoms with E-state index >= 15 is 0 Å². The highest BCUT2D eigenvalue weighted by molar-refractivity contribution is 5.85. The molecule has 0 saturated heterocycles. The number of nitrogens with zero attached hydrogens (tertiary/aromatic N) is 1. The Kier molecular flexibility index (Phi) is 4.71. The molecule has 21 heavy (non-hydrogen) atoms. The number of carboxylic acid groups (broad SMARTS) is 1. The molecule has 6 heteroatoms. The number of carboxylic acids is 1. The van der Waals surface area contributed by atoms with Crippen molar-refractivity contribution in [3.8, 4) is 0 Å². The monoisotopic (exact) mass is 287 g/mol. The Hall–Kier alpha value is -2.63. The number of rotatable bonds is 6. The largest absolute Gasteiger partial charge is 0.480 e. The molecule has 1 amide bonds. The van der Waals surface area contributed by atoms with Crippen LogP contribution in [0.1, 0.15) is 16.8 Å². The van der Waals surface area contributed by atoms with Gasteiger partial charge in [-0.15, -0.1) is 0 Å². The fourth-order valence-electron chi connectivity index (χ4n) is 2.07. The predicted molar refractivity (Wildman–Crippen MR) is 76.7 cm³/mol. The van der Waals surface area contributed by atoms with E-state index in [2.05, 4.69) is 15.3 Å². The van der Waals surface area contributed by atoms with Crippen molar-refractivity contribution in [1.82, 2.24) is 15.3 Å². The molecular formula is C15H17N3O3. The molecule has 1 heterocycles. The van der Waals surface area contributed by atoms with Crippen LogP contribution in [-0.2, 0) is 22.4 Å². The molecule has 2 aromatic rings. The summed E-state index contributed by atoms with van der Waals surface area (Å²) in [7, 11) is 0. The Morgan fingerprint density at radius 1 is 1.43 bits per heavy atom. The molecule has 1 aromatic carbocycles. The molecular weight excluding hydrogens is 270 g/mol. The average Bonchev–Trinajstić information content (AvgIpc) is 2.90. The number of imidazole rings is 1. The maximum atomic E-state index is 12.0. The van der Waals surface area contributed by atoms with E-state index < -0.39 is 12.0 Å². The van der Waals surface area contributed by atoms with E-state index in [-0.39, 0.29) is 18.7 Å². The maximum absolute atomic E-state index is 12.0. The molecule has 0 fully saturated rings. The first kappa shape index (κ1) is 14.8. The molecule has 0 radical (unpaired) electrons. The van der Waals surface area contributed by atoms with Crippen molar-refractivity contribution in [2.75, 3.05) is 0 Å². The first-order chi connectivity index (χ1) is 10.0. The standard InChI is InChI=1S/C15H17N3O3/c1-10-3-2-4-11(5-10)6-14(19)18-13(15(20)21)7-12-8-16-9-17-12/h2-5,8-9,13H,6-7H2,1H3,(H,16,17)(H,18,19)(H,20,21). The van der Waals surface area contributed by atoms with Crippen LogP contribution >= 0.6 is 0 Å². The second kappa shape index (κ2) is 6.69. The fourth-order valence-corrected chi connectivity index (χ4v) is 2.07. The number of carbonyl (C=O) groups is 2. The summed E-state index contributed by atoms with van der Waals surface area (Å²) in [5, 5.41) is 11.7. The Morgan fingerprint density at radius 3 is 2.86 bits per heavy atom. The summed E-state index contributed by atoms with van der Waals surface area (Å²) in [5.74, 6) is -1.38. The summed E-state index contributed by atoms with van der Waals surface area (Å²) in [6.07, 6.45) is 3.36. The zero-order valence-corrected chi connectivity index (χ0v) is 11.7. The van der Waals surface area contributed by atoms with Crippen molar-refractivity contribution in [3.63, 3.8) is 0 Å². The molecule has 0 spiro atoms. The molecule has 0 saturated carbocycles. The van der Waals surface area contributed by atoms with Crippen molar-refractivity contribution in [3.05, 3.63) is 53.6 Å². The zero-order valence-electron chi connectivity index (χ0n) is 11.7. The van der Waals surface area contributed by atoms with Crippen LogP contribution < -0.4 is 5.32 Å². The molecule has 0 aliphatic rings. The summed E-state index contributed by atoms with van der Waals surface area (Å²) >= 11 is 0. The van der Waals surface area contributed by atoms with Crippen LogP contribution in [0.25, 0.3) is 0 Å². The lowest BCUT2D eigenvalue weighted by Crippen LogP contribution is -2.43. The van der Waals surface area contributed by atoms with Crippen LogP contribution in [0.5, 0.6) is 0 Å². The minimum Gasteiger partial charge on any atom is -0.480 e. The van der Waals surface area contributed by atoms with Gasteiger partial charge in [-0.1, -0.05) is 29.8 Å². The number of aryl methyl sites for hydroxylation is 1. The van der Waals surface area contributed by atoms with Crippen molar-refractivity contribution >= 4 is 11.9 Å². The number of hydrogen-bond acceptors (Lipinski definition) is 3. The third-order valence-corrected chi connectivity index (χ3v) is 3.06. The van der Waals surface area contributed by atoms with E-state index in [0.717, 1.165) is 11.1 Å². The topological polar surface area (TPSA) is 95.1 Å². The van der Waals surface area contributed by atoms with Gasteiger partial charge in [0.1, 0.15) is 6.04 Å². The van der Waals surface area contributed by atoms with E-state index in [1.165, 1.54) is 6.33 Å². The van der Waals surface area contributed by atoms with Crippen molar-refractivity contribution < 1.29 is 14.7 Å². The number of amides is 1. The second-order valence-corrected chi connectivity index (χ2v) is 4.91. The third-order valence-electron chi connectivity index (χ3n) is 3.06. The quantitative estimate of drug-likeness (QED) is 0.740. The van der Waals surface area contributed by atoms with Crippen LogP contribution in [0.15, 0.2) is 36.8 Å². The summed E-state index contributed by atoms with van der Waals surface area (Å²) in [4.78, 5) is 29.8. The first-order valence-corrected chi connectivity index (χ1v) is 6.59. The van der Waals surface area contributed by atoms with Gasteiger partial charge in [-0.05, 0) is 12.5 Å². The molecule has 0 aliphatic heterocycles. The lowest BCUT2D eigenvalue weighted by molar-refractivity contribution is -0.141. The Morgan fingerprint density at radius 2 is 2.24 bits per heavy atom. The van der Waals surface area contributed by atoms with Gasteiger partial charge < -0.3 is 15.4 Å². The molecule has 0 aliphatic carbocycles. The SMILES string of the molecule is Cc1cccc(CC(=O)NC(Cc2cnc[nH]2)C(=O)O)c1. The molecule has 1 atom stereocenters. The van der Waals surface area contributed by atoms with E-state index in [9.17, 15) is 14.7 Å². The molecule has 1 unspecified atom stereocenters.